The van der Waals surface area contributed by atoms with Crippen LogP contribution in [0, 0.1) is 0 Å². The van der Waals surface area contributed by atoms with Crippen LogP contribution in [0.3, 0.4) is 0 Å². The molecule has 1 N–H and O–H groups in total. The lowest BCUT2D eigenvalue weighted by molar-refractivity contribution is -0.150. The third-order valence-corrected chi connectivity index (χ3v) is 4.88. The van der Waals surface area contributed by atoms with E-state index in [2.05, 4.69) is 13.5 Å². The molecule has 0 spiro atoms. The predicted octanol–water partition coefficient (Wildman–Crippen LogP) is 3.44. The van der Waals surface area contributed by atoms with Crippen LogP contribution < -0.4 is 0 Å². The Hall–Kier alpha value is -1.41. The molecule has 0 amide bonds. The first kappa shape index (κ1) is 24.6. The van der Waals surface area contributed by atoms with Gasteiger partial charge >= 0.3 is 11.9 Å². The van der Waals surface area contributed by atoms with Gasteiger partial charge in [0, 0.05) is 0 Å². The molecule has 0 aliphatic rings. The monoisotopic (exact) mass is 392 g/mol. The van der Waals surface area contributed by atoms with Gasteiger partial charge in [-0.15, -0.1) is 6.58 Å². The summed E-state index contributed by atoms with van der Waals surface area (Å²) in [5, 5.41) is -1.95. The summed E-state index contributed by atoms with van der Waals surface area (Å²) in [5.74, 6) is -2.02. The lowest BCUT2D eigenvalue weighted by Crippen LogP contribution is -2.34. The SMILES string of the molecule is C=CCCOC(=O)CC(C(=O)OCCCCCCCCCC)S(=O)(=O)O. The van der Waals surface area contributed by atoms with Crippen LogP contribution in [-0.2, 0) is 29.2 Å². The van der Waals surface area contributed by atoms with Crippen LogP contribution in [0.25, 0.3) is 0 Å². The molecule has 26 heavy (non-hydrogen) atoms. The van der Waals surface area contributed by atoms with Crippen molar-refractivity contribution in [3.05, 3.63) is 12.7 Å². The quantitative estimate of drug-likeness (QED) is 0.185. The first-order valence-electron chi connectivity index (χ1n) is 9.22. The number of esters is 2. The van der Waals surface area contributed by atoms with Gasteiger partial charge < -0.3 is 9.47 Å². The third-order valence-electron chi connectivity index (χ3n) is 3.80. The summed E-state index contributed by atoms with van der Waals surface area (Å²) in [6.07, 6.45) is 9.66. The van der Waals surface area contributed by atoms with Gasteiger partial charge in [0.25, 0.3) is 10.1 Å². The molecule has 0 aromatic rings. The Kier molecular flexibility index (Phi) is 13.9. The van der Waals surface area contributed by atoms with E-state index in [0.29, 0.717) is 12.8 Å². The summed E-state index contributed by atoms with van der Waals surface area (Å²) >= 11 is 0. The minimum absolute atomic E-state index is 0.0355. The fourth-order valence-corrected chi connectivity index (χ4v) is 2.94. The number of carbonyl (C=O) groups is 2. The van der Waals surface area contributed by atoms with Crippen molar-refractivity contribution in [2.45, 2.75) is 76.4 Å². The van der Waals surface area contributed by atoms with Gasteiger partial charge in [0.1, 0.15) is 0 Å². The van der Waals surface area contributed by atoms with Gasteiger partial charge in [0.05, 0.1) is 19.6 Å². The van der Waals surface area contributed by atoms with Crippen molar-refractivity contribution < 1.29 is 32.0 Å². The number of hydrogen-bond donors (Lipinski definition) is 1. The number of ether oxygens (including phenoxy) is 2. The minimum atomic E-state index is -4.75. The minimum Gasteiger partial charge on any atom is -0.465 e. The van der Waals surface area contributed by atoms with Gasteiger partial charge in [-0.1, -0.05) is 57.9 Å². The van der Waals surface area contributed by atoms with E-state index >= 15 is 0 Å². The van der Waals surface area contributed by atoms with Crippen LogP contribution in [0.5, 0.6) is 0 Å². The molecule has 0 aromatic heterocycles. The van der Waals surface area contributed by atoms with E-state index in [-0.39, 0.29) is 13.2 Å². The molecule has 1 unspecified atom stereocenters. The Bertz CT molecular complexity index is 514. The number of carbonyl (C=O) groups excluding carboxylic acids is 2. The van der Waals surface area contributed by atoms with Crippen molar-refractivity contribution in [1.29, 1.82) is 0 Å². The van der Waals surface area contributed by atoms with E-state index in [1.165, 1.54) is 31.8 Å². The smallest absolute Gasteiger partial charge is 0.327 e. The van der Waals surface area contributed by atoms with E-state index in [1.54, 1.807) is 0 Å². The molecule has 0 rings (SSSR count). The zero-order valence-electron chi connectivity index (χ0n) is 15.7. The Morgan fingerprint density at radius 1 is 1.00 bits per heavy atom. The predicted molar refractivity (Wildman–Crippen MR) is 99.3 cm³/mol. The topological polar surface area (TPSA) is 107 Å². The Balaban J connectivity index is 4.13. The highest BCUT2D eigenvalue weighted by molar-refractivity contribution is 7.87. The molecule has 0 bridgehead atoms. The van der Waals surface area contributed by atoms with E-state index in [4.69, 9.17) is 14.0 Å². The maximum absolute atomic E-state index is 11.9. The van der Waals surface area contributed by atoms with Gasteiger partial charge in [-0.25, -0.2) is 0 Å². The molecule has 8 heteroatoms. The average Bonchev–Trinajstić information content (AvgIpc) is 2.57. The fourth-order valence-electron chi connectivity index (χ4n) is 2.28. The van der Waals surface area contributed by atoms with Crippen molar-refractivity contribution in [2.75, 3.05) is 13.2 Å². The highest BCUT2D eigenvalue weighted by Gasteiger charge is 2.35. The molecule has 152 valence electrons. The zero-order chi connectivity index (χ0) is 19.8. The first-order chi connectivity index (χ1) is 12.3. The van der Waals surface area contributed by atoms with Gasteiger partial charge in [-0.05, 0) is 12.8 Å². The van der Waals surface area contributed by atoms with Crippen molar-refractivity contribution in [3.8, 4) is 0 Å². The highest BCUT2D eigenvalue weighted by atomic mass is 32.2. The largest absolute Gasteiger partial charge is 0.465 e. The molecule has 0 aliphatic heterocycles. The van der Waals surface area contributed by atoms with E-state index < -0.39 is 33.7 Å². The highest BCUT2D eigenvalue weighted by Crippen LogP contribution is 2.11. The molecule has 7 nitrogen and oxygen atoms in total. The standard InChI is InChI=1S/C18H32O7S/c1-3-5-7-8-9-10-11-12-14-25-18(20)16(26(21,22)23)15-17(19)24-13-6-4-2/h4,16H,2-3,5-15H2,1H3,(H,21,22,23). The molecule has 1 atom stereocenters. The van der Waals surface area contributed by atoms with Crippen LogP contribution in [0.1, 0.15) is 71.1 Å². The van der Waals surface area contributed by atoms with Crippen LogP contribution in [0.15, 0.2) is 12.7 Å². The van der Waals surface area contributed by atoms with Crippen LogP contribution >= 0.6 is 0 Å². The summed E-state index contributed by atoms with van der Waals surface area (Å²) in [7, 11) is -4.75. The van der Waals surface area contributed by atoms with Crippen molar-refractivity contribution in [3.63, 3.8) is 0 Å². The summed E-state index contributed by atoms with van der Waals surface area (Å²) in [6.45, 7) is 5.72. The van der Waals surface area contributed by atoms with Crippen LogP contribution in [0.2, 0.25) is 0 Å². The lowest BCUT2D eigenvalue weighted by Gasteiger charge is -2.13. The molecule has 0 heterocycles. The van der Waals surface area contributed by atoms with Crippen molar-refractivity contribution in [1.82, 2.24) is 0 Å². The summed E-state index contributed by atoms with van der Waals surface area (Å²) in [6, 6.07) is 0. The van der Waals surface area contributed by atoms with Gasteiger partial charge in [-0.2, -0.15) is 8.42 Å². The second-order valence-electron chi connectivity index (χ2n) is 6.15. The zero-order valence-corrected chi connectivity index (χ0v) is 16.5. The molecule has 0 saturated heterocycles. The van der Waals surface area contributed by atoms with Gasteiger partial charge in [-0.3, -0.25) is 14.1 Å². The third kappa shape index (κ3) is 12.9. The van der Waals surface area contributed by atoms with E-state index in [0.717, 1.165) is 19.3 Å². The first-order valence-corrected chi connectivity index (χ1v) is 10.7. The molecular formula is C18H32O7S. The van der Waals surface area contributed by atoms with Crippen molar-refractivity contribution in [2.24, 2.45) is 0 Å². The second-order valence-corrected chi connectivity index (χ2v) is 7.75. The Morgan fingerprint density at radius 2 is 1.58 bits per heavy atom. The summed E-state index contributed by atoms with van der Waals surface area (Å²) < 4.78 is 41.5. The summed E-state index contributed by atoms with van der Waals surface area (Å²) in [4.78, 5) is 23.4. The molecule has 0 fully saturated rings. The van der Waals surface area contributed by atoms with Crippen LogP contribution in [0.4, 0.5) is 0 Å². The fraction of sp³-hybridized carbons (Fsp3) is 0.778. The number of unbranched alkanes of at least 4 members (excludes halogenated alkanes) is 7. The van der Waals surface area contributed by atoms with Gasteiger partial charge in [0.15, 0.2) is 5.25 Å². The Morgan fingerprint density at radius 3 is 2.12 bits per heavy atom. The Labute approximate surface area is 156 Å². The van der Waals surface area contributed by atoms with Crippen molar-refractivity contribution >= 4 is 22.1 Å². The molecule has 0 aliphatic carbocycles. The van der Waals surface area contributed by atoms with E-state index in [9.17, 15) is 18.0 Å². The second kappa shape index (κ2) is 14.7. The number of hydrogen-bond acceptors (Lipinski definition) is 6. The maximum Gasteiger partial charge on any atom is 0.327 e. The van der Waals surface area contributed by atoms with E-state index in [1.807, 2.05) is 0 Å². The maximum atomic E-state index is 11.9. The average molecular weight is 393 g/mol. The number of rotatable bonds is 16. The normalized spacial score (nSPS) is 12.4. The molecular weight excluding hydrogens is 360 g/mol. The molecule has 0 aromatic carbocycles. The summed E-state index contributed by atoms with van der Waals surface area (Å²) in [5.41, 5.74) is 0. The van der Waals surface area contributed by atoms with Gasteiger partial charge in [0.2, 0.25) is 0 Å². The van der Waals surface area contributed by atoms with Crippen LogP contribution in [-0.4, -0.2) is 43.4 Å². The molecule has 0 radical (unpaired) electrons. The lowest BCUT2D eigenvalue weighted by atomic mass is 10.1. The molecule has 0 saturated carbocycles.